The lowest BCUT2D eigenvalue weighted by atomic mass is 10.1. The largest absolute Gasteiger partial charge is 0.496 e. The number of benzene rings is 1. The Morgan fingerprint density at radius 2 is 2.15 bits per heavy atom. The summed E-state index contributed by atoms with van der Waals surface area (Å²) in [5.41, 5.74) is 2.19. The predicted molar refractivity (Wildman–Crippen MR) is 55.5 cm³/mol. The maximum absolute atomic E-state index is 6.88. The molecule has 0 amide bonds. The first-order chi connectivity index (χ1) is 6.29. The van der Waals surface area contributed by atoms with Crippen LogP contribution in [0, 0.1) is 12.3 Å². The van der Waals surface area contributed by atoms with Crippen LogP contribution >= 0.6 is 0 Å². The third-order valence-electron chi connectivity index (χ3n) is 1.92. The Kier molecular flexibility index (Phi) is 3.26. The van der Waals surface area contributed by atoms with Crippen LogP contribution in [0.15, 0.2) is 24.3 Å². The summed E-state index contributed by atoms with van der Waals surface area (Å²) in [6.45, 7) is 2.00. The van der Waals surface area contributed by atoms with Crippen LogP contribution < -0.4 is 4.74 Å². The van der Waals surface area contributed by atoms with Crippen molar-refractivity contribution in [3.8, 4) is 5.75 Å². The Bertz CT molecular complexity index is 329. The molecule has 0 aliphatic carbocycles. The molecule has 0 fully saturated rings. The number of allylic oxidation sites excluding steroid dienone is 1. The molecule has 0 unspecified atom stereocenters. The summed E-state index contributed by atoms with van der Waals surface area (Å²) in [5, 5.41) is 6.88. The molecule has 0 bridgehead atoms. The van der Waals surface area contributed by atoms with Gasteiger partial charge in [0.2, 0.25) is 0 Å². The quantitative estimate of drug-likeness (QED) is 0.704. The third-order valence-corrected chi connectivity index (χ3v) is 1.92. The van der Waals surface area contributed by atoms with Crippen molar-refractivity contribution in [2.45, 2.75) is 6.92 Å². The van der Waals surface area contributed by atoms with Crippen molar-refractivity contribution in [3.05, 3.63) is 35.4 Å². The summed E-state index contributed by atoms with van der Waals surface area (Å²) < 4.78 is 5.17. The zero-order chi connectivity index (χ0) is 9.68. The van der Waals surface area contributed by atoms with Crippen LogP contribution in [0.2, 0.25) is 0 Å². The molecule has 1 aromatic rings. The lowest BCUT2D eigenvalue weighted by Crippen LogP contribution is -1.88. The Morgan fingerprint density at radius 1 is 1.38 bits per heavy atom. The van der Waals surface area contributed by atoms with E-state index in [4.69, 9.17) is 10.1 Å². The number of hydrogen-bond acceptors (Lipinski definition) is 2. The van der Waals surface area contributed by atoms with Crippen molar-refractivity contribution in [1.29, 1.82) is 5.41 Å². The normalized spacial score (nSPS) is 10.3. The minimum absolute atomic E-state index is 0.882. The number of hydrogen-bond donors (Lipinski definition) is 1. The topological polar surface area (TPSA) is 33.1 Å². The molecule has 0 spiro atoms. The van der Waals surface area contributed by atoms with Crippen molar-refractivity contribution in [1.82, 2.24) is 0 Å². The van der Waals surface area contributed by atoms with Gasteiger partial charge >= 0.3 is 0 Å². The van der Waals surface area contributed by atoms with Gasteiger partial charge < -0.3 is 10.1 Å². The Balaban J connectivity index is 3.07. The fourth-order valence-corrected chi connectivity index (χ4v) is 1.18. The molecule has 0 heterocycles. The molecule has 1 N–H and O–H groups in total. The minimum Gasteiger partial charge on any atom is -0.496 e. The number of nitrogens with one attached hydrogen (secondary N) is 1. The first kappa shape index (κ1) is 9.52. The molecular weight excluding hydrogens is 162 g/mol. The summed E-state index contributed by atoms with van der Waals surface area (Å²) in [5.74, 6) is 0.882. The van der Waals surface area contributed by atoms with Crippen molar-refractivity contribution >= 4 is 12.3 Å². The molecule has 0 atom stereocenters. The standard InChI is InChI=1S/C11H13NO/c1-9-10(6-4-8-12)5-3-7-11(9)13-2/h3-8,12H,1-2H3/b6-4-,12-8?. The molecule has 0 radical (unpaired) electrons. The van der Waals surface area contributed by atoms with E-state index in [2.05, 4.69) is 0 Å². The molecule has 0 aliphatic rings. The Morgan fingerprint density at radius 3 is 2.77 bits per heavy atom. The van der Waals surface area contributed by atoms with Gasteiger partial charge in [-0.2, -0.15) is 0 Å². The number of ether oxygens (including phenoxy) is 1. The highest BCUT2D eigenvalue weighted by Crippen LogP contribution is 2.21. The van der Waals surface area contributed by atoms with E-state index in [1.807, 2.05) is 31.2 Å². The second kappa shape index (κ2) is 4.45. The van der Waals surface area contributed by atoms with Crippen LogP contribution in [0.3, 0.4) is 0 Å². The van der Waals surface area contributed by atoms with Crippen molar-refractivity contribution in [2.75, 3.05) is 7.11 Å². The summed E-state index contributed by atoms with van der Waals surface area (Å²) >= 11 is 0. The summed E-state index contributed by atoms with van der Waals surface area (Å²) in [6.07, 6.45) is 4.85. The van der Waals surface area contributed by atoms with Gasteiger partial charge in [-0.1, -0.05) is 18.2 Å². The third kappa shape index (κ3) is 2.18. The van der Waals surface area contributed by atoms with E-state index < -0.39 is 0 Å². The van der Waals surface area contributed by atoms with Crippen molar-refractivity contribution < 1.29 is 4.74 Å². The highest BCUT2D eigenvalue weighted by Gasteiger charge is 1.99. The maximum Gasteiger partial charge on any atom is 0.122 e. The molecule has 1 aromatic carbocycles. The van der Waals surface area contributed by atoms with Crippen molar-refractivity contribution in [3.63, 3.8) is 0 Å². The van der Waals surface area contributed by atoms with Gasteiger partial charge in [-0.25, -0.2) is 0 Å². The van der Waals surface area contributed by atoms with Gasteiger partial charge in [-0.15, -0.1) is 0 Å². The zero-order valence-corrected chi connectivity index (χ0v) is 7.87. The zero-order valence-electron chi connectivity index (χ0n) is 7.87. The fraction of sp³-hybridized carbons (Fsp3) is 0.182. The van der Waals surface area contributed by atoms with Gasteiger partial charge in [0.1, 0.15) is 5.75 Å². The molecular formula is C11H13NO. The maximum atomic E-state index is 6.88. The second-order valence-electron chi connectivity index (χ2n) is 2.70. The van der Waals surface area contributed by atoms with E-state index >= 15 is 0 Å². The molecule has 13 heavy (non-hydrogen) atoms. The molecule has 0 saturated carbocycles. The van der Waals surface area contributed by atoms with Gasteiger partial charge in [0.05, 0.1) is 7.11 Å². The lowest BCUT2D eigenvalue weighted by molar-refractivity contribution is 0.411. The number of rotatable bonds is 3. The Hall–Kier alpha value is -1.57. The minimum atomic E-state index is 0.882. The van der Waals surface area contributed by atoms with E-state index in [9.17, 15) is 0 Å². The smallest absolute Gasteiger partial charge is 0.122 e. The molecule has 1 rings (SSSR count). The molecule has 2 heteroatoms. The van der Waals surface area contributed by atoms with E-state index in [-0.39, 0.29) is 0 Å². The average molecular weight is 175 g/mol. The van der Waals surface area contributed by atoms with Crippen LogP contribution in [0.1, 0.15) is 11.1 Å². The lowest BCUT2D eigenvalue weighted by Gasteiger charge is -2.06. The summed E-state index contributed by atoms with van der Waals surface area (Å²) in [6, 6.07) is 5.87. The van der Waals surface area contributed by atoms with Gasteiger partial charge in [-0.3, -0.25) is 0 Å². The van der Waals surface area contributed by atoms with Crippen LogP contribution in [0.5, 0.6) is 5.75 Å². The first-order valence-electron chi connectivity index (χ1n) is 4.10. The molecule has 0 aromatic heterocycles. The fourth-order valence-electron chi connectivity index (χ4n) is 1.18. The Labute approximate surface area is 78.4 Å². The highest BCUT2D eigenvalue weighted by atomic mass is 16.5. The average Bonchev–Trinajstić information content (AvgIpc) is 2.16. The van der Waals surface area contributed by atoms with E-state index in [0.29, 0.717) is 0 Å². The van der Waals surface area contributed by atoms with Crippen LogP contribution in [-0.4, -0.2) is 13.3 Å². The number of methoxy groups -OCH3 is 1. The highest BCUT2D eigenvalue weighted by molar-refractivity contribution is 5.76. The van der Waals surface area contributed by atoms with Crippen LogP contribution in [0.25, 0.3) is 6.08 Å². The molecule has 0 aliphatic heterocycles. The van der Waals surface area contributed by atoms with E-state index in [0.717, 1.165) is 16.9 Å². The van der Waals surface area contributed by atoms with E-state index in [1.165, 1.54) is 6.21 Å². The summed E-state index contributed by atoms with van der Waals surface area (Å²) in [4.78, 5) is 0. The van der Waals surface area contributed by atoms with Gasteiger partial charge in [0.15, 0.2) is 0 Å². The first-order valence-corrected chi connectivity index (χ1v) is 4.10. The van der Waals surface area contributed by atoms with Gasteiger partial charge in [0, 0.05) is 6.21 Å². The van der Waals surface area contributed by atoms with Crippen LogP contribution in [-0.2, 0) is 0 Å². The summed E-state index contributed by atoms with van der Waals surface area (Å²) in [7, 11) is 1.66. The van der Waals surface area contributed by atoms with Crippen LogP contribution in [0.4, 0.5) is 0 Å². The SMILES string of the molecule is COc1cccc(/C=C\C=N)c1C. The van der Waals surface area contributed by atoms with E-state index in [1.54, 1.807) is 13.2 Å². The van der Waals surface area contributed by atoms with Crippen molar-refractivity contribution in [2.24, 2.45) is 0 Å². The second-order valence-corrected chi connectivity index (χ2v) is 2.70. The molecule has 2 nitrogen and oxygen atoms in total. The monoisotopic (exact) mass is 175 g/mol. The van der Waals surface area contributed by atoms with Gasteiger partial charge in [0.25, 0.3) is 0 Å². The predicted octanol–water partition coefficient (Wildman–Crippen LogP) is 2.67. The molecule has 0 saturated heterocycles. The van der Waals surface area contributed by atoms with Gasteiger partial charge in [-0.05, 0) is 30.2 Å². The molecule has 68 valence electrons.